The van der Waals surface area contributed by atoms with E-state index in [-0.39, 0.29) is 18.1 Å². The molecule has 0 heterocycles. The van der Waals surface area contributed by atoms with Crippen molar-refractivity contribution < 1.29 is 18.7 Å². The minimum atomic E-state index is -0.448. The van der Waals surface area contributed by atoms with Crippen LogP contribution in [-0.2, 0) is 6.61 Å². The molecule has 3 nitrogen and oxygen atoms in total. The van der Waals surface area contributed by atoms with Gasteiger partial charge in [-0.15, -0.1) is 0 Å². The van der Waals surface area contributed by atoms with Gasteiger partial charge < -0.3 is 9.47 Å². The van der Waals surface area contributed by atoms with Crippen LogP contribution in [0.3, 0.4) is 0 Å². The van der Waals surface area contributed by atoms with Gasteiger partial charge >= 0.3 is 0 Å². The van der Waals surface area contributed by atoms with E-state index in [0.717, 1.165) is 0 Å². The molecule has 0 radical (unpaired) electrons. The van der Waals surface area contributed by atoms with Gasteiger partial charge in [0.05, 0.1) is 12.1 Å². The van der Waals surface area contributed by atoms with E-state index >= 15 is 0 Å². The van der Waals surface area contributed by atoms with E-state index in [2.05, 4.69) is 0 Å². The summed E-state index contributed by atoms with van der Waals surface area (Å²) in [6.45, 7) is 1.63. The average Bonchev–Trinajstić information content (AvgIpc) is 2.46. The highest BCUT2D eigenvalue weighted by Crippen LogP contribution is 2.27. The molecule has 0 spiro atoms. The van der Waals surface area contributed by atoms with Crippen molar-refractivity contribution in [2.75, 3.05) is 7.11 Å². The van der Waals surface area contributed by atoms with Crippen molar-refractivity contribution in [2.45, 2.75) is 13.5 Å². The van der Waals surface area contributed by atoms with Gasteiger partial charge in [-0.25, -0.2) is 4.39 Å². The van der Waals surface area contributed by atoms with Crippen LogP contribution < -0.4 is 9.47 Å². The normalized spacial score (nSPS) is 10.3. The third kappa shape index (κ3) is 3.73. The Hall–Kier alpha value is -2.07. The second-order valence-corrected chi connectivity index (χ2v) is 4.87. The lowest BCUT2D eigenvalue weighted by Crippen LogP contribution is -1.99. The zero-order valence-electron chi connectivity index (χ0n) is 11.7. The lowest BCUT2D eigenvalue weighted by Gasteiger charge is -2.10. The summed E-state index contributed by atoms with van der Waals surface area (Å²) in [5.41, 5.74) is 1.17. The zero-order chi connectivity index (χ0) is 15.4. The topological polar surface area (TPSA) is 35.5 Å². The van der Waals surface area contributed by atoms with Crippen LogP contribution in [-0.4, -0.2) is 12.9 Å². The number of ketones is 1. The van der Waals surface area contributed by atoms with Crippen molar-refractivity contribution in [1.82, 2.24) is 0 Å². The summed E-state index contributed by atoms with van der Waals surface area (Å²) in [5, 5.41) is 0.344. The molecule has 2 aromatic rings. The van der Waals surface area contributed by atoms with Crippen LogP contribution in [0.1, 0.15) is 22.8 Å². The molecule has 0 aromatic heterocycles. The number of hydrogen-bond acceptors (Lipinski definition) is 3. The van der Waals surface area contributed by atoms with E-state index in [9.17, 15) is 9.18 Å². The van der Waals surface area contributed by atoms with Gasteiger partial charge in [0.1, 0.15) is 12.4 Å². The lowest BCUT2D eigenvalue weighted by atomic mass is 10.1. The van der Waals surface area contributed by atoms with Crippen molar-refractivity contribution in [3.05, 3.63) is 58.4 Å². The molecule has 0 unspecified atom stereocenters. The first kappa shape index (κ1) is 15.3. The highest BCUT2D eigenvalue weighted by molar-refractivity contribution is 6.32. The molecule has 2 aromatic carbocycles. The number of carbonyl (C=O) groups is 1. The molecule has 110 valence electrons. The summed E-state index contributed by atoms with van der Waals surface area (Å²) >= 11 is 6.05. The van der Waals surface area contributed by atoms with Gasteiger partial charge in [0, 0.05) is 5.56 Å². The van der Waals surface area contributed by atoms with Crippen molar-refractivity contribution in [3.8, 4) is 11.5 Å². The Bertz CT molecular complexity index is 671. The molecule has 5 heteroatoms. The van der Waals surface area contributed by atoms with E-state index in [4.69, 9.17) is 21.1 Å². The summed E-state index contributed by atoms with van der Waals surface area (Å²) in [4.78, 5) is 11.2. The Morgan fingerprint density at radius 1 is 1.19 bits per heavy atom. The second kappa shape index (κ2) is 6.59. The predicted molar refractivity (Wildman–Crippen MR) is 78.7 cm³/mol. The van der Waals surface area contributed by atoms with Gasteiger partial charge in [-0.3, -0.25) is 4.79 Å². The summed E-state index contributed by atoms with van der Waals surface area (Å²) in [5.74, 6) is 0.109. The molecule has 0 amide bonds. The highest BCUT2D eigenvalue weighted by atomic mass is 35.5. The number of hydrogen-bond donors (Lipinski definition) is 0. The number of Topliss-reactive ketones (excluding diaryl/α,β-unsaturated/α-hetero) is 1. The number of ether oxygens (including phenoxy) is 2. The maximum Gasteiger partial charge on any atom is 0.165 e. The minimum Gasteiger partial charge on any atom is -0.494 e. The molecule has 0 fully saturated rings. The molecule has 0 saturated carbocycles. The van der Waals surface area contributed by atoms with Crippen LogP contribution in [0.2, 0.25) is 5.02 Å². The molecular weight excluding hydrogens is 295 g/mol. The predicted octanol–water partition coefficient (Wildman–Crippen LogP) is 4.27. The third-order valence-electron chi connectivity index (χ3n) is 2.95. The van der Waals surface area contributed by atoms with Gasteiger partial charge in [0.2, 0.25) is 0 Å². The fraction of sp³-hybridized carbons (Fsp3) is 0.188. The molecule has 0 N–H and O–H groups in total. The monoisotopic (exact) mass is 308 g/mol. The first-order chi connectivity index (χ1) is 10.0. The fourth-order valence-electron chi connectivity index (χ4n) is 1.80. The smallest absolute Gasteiger partial charge is 0.165 e. The number of rotatable bonds is 5. The molecule has 0 aliphatic heterocycles. The fourth-order valence-corrected chi connectivity index (χ4v) is 2.03. The number of methoxy groups -OCH3 is 1. The van der Waals surface area contributed by atoms with Gasteiger partial charge in [-0.1, -0.05) is 17.7 Å². The van der Waals surface area contributed by atoms with Gasteiger partial charge in [0.25, 0.3) is 0 Å². The van der Waals surface area contributed by atoms with E-state index in [1.54, 1.807) is 24.3 Å². The van der Waals surface area contributed by atoms with E-state index < -0.39 is 5.82 Å². The summed E-state index contributed by atoms with van der Waals surface area (Å²) < 4.78 is 23.9. The van der Waals surface area contributed by atoms with Crippen molar-refractivity contribution >= 4 is 17.4 Å². The Labute approximate surface area is 127 Å². The summed E-state index contributed by atoms with van der Waals surface area (Å²) in [7, 11) is 1.41. The van der Waals surface area contributed by atoms with E-state index in [0.29, 0.717) is 21.9 Å². The standard InChI is InChI=1S/C16H14ClFO3/c1-10(19)12-4-6-15(13(17)8-12)21-9-11-3-5-16(20-2)14(18)7-11/h3-8H,9H2,1-2H3. The largest absolute Gasteiger partial charge is 0.494 e. The van der Waals surface area contributed by atoms with Crippen molar-refractivity contribution in [3.63, 3.8) is 0 Å². The van der Waals surface area contributed by atoms with Gasteiger partial charge in [0.15, 0.2) is 17.3 Å². The van der Waals surface area contributed by atoms with Crippen LogP contribution >= 0.6 is 11.6 Å². The minimum absolute atomic E-state index is 0.0688. The summed E-state index contributed by atoms with van der Waals surface area (Å²) in [6.07, 6.45) is 0. The maximum atomic E-state index is 13.6. The average molecular weight is 309 g/mol. The van der Waals surface area contributed by atoms with Crippen LogP contribution in [0.25, 0.3) is 0 Å². The molecule has 0 saturated heterocycles. The SMILES string of the molecule is COc1ccc(COc2ccc(C(C)=O)cc2Cl)cc1F. The van der Waals surface area contributed by atoms with Crippen LogP contribution in [0, 0.1) is 5.82 Å². The maximum absolute atomic E-state index is 13.6. The Kier molecular flexibility index (Phi) is 4.81. The number of halogens is 2. The Morgan fingerprint density at radius 2 is 1.90 bits per heavy atom. The van der Waals surface area contributed by atoms with Crippen LogP contribution in [0.5, 0.6) is 11.5 Å². The molecule has 2 rings (SSSR count). The first-order valence-corrected chi connectivity index (χ1v) is 6.64. The molecule has 0 aliphatic rings. The zero-order valence-corrected chi connectivity index (χ0v) is 12.4. The molecule has 0 atom stereocenters. The second-order valence-electron chi connectivity index (χ2n) is 4.46. The quantitative estimate of drug-likeness (QED) is 0.774. The Morgan fingerprint density at radius 3 is 2.48 bits per heavy atom. The van der Waals surface area contributed by atoms with Crippen LogP contribution in [0.15, 0.2) is 36.4 Å². The highest BCUT2D eigenvalue weighted by Gasteiger charge is 2.08. The Balaban J connectivity index is 2.09. The first-order valence-electron chi connectivity index (χ1n) is 6.27. The van der Waals surface area contributed by atoms with Crippen LogP contribution in [0.4, 0.5) is 4.39 Å². The molecular formula is C16H14ClFO3. The van der Waals surface area contributed by atoms with E-state index in [1.807, 2.05) is 0 Å². The van der Waals surface area contributed by atoms with Gasteiger partial charge in [-0.05, 0) is 42.8 Å². The lowest BCUT2D eigenvalue weighted by molar-refractivity contribution is 0.101. The molecule has 0 bridgehead atoms. The number of carbonyl (C=O) groups excluding carboxylic acids is 1. The van der Waals surface area contributed by atoms with Crippen molar-refractivity contribution in [1.29, 1.82) is 0 Å². The molecule has 0 aliphatic carbocycles. The third-order valence-corrected chi connectivity index (χ3v) is 3.24. The summed E-state index contributed by atoms with van der Waals surface area (Å²) in [6, 6.07) is 9.40. The van der Waals surface area contributed by atoms with Gasteiger partial charge in [-0.2, -0.15) is 0 Å². The molecule has 21 heavy (non-hydrogen) atoms. The van der Waals surface area contributed by atoms with E-state index in [1.165, 1.54) is 26.2 Å². The van der Waals surface area contributed by atoms with Crippen molar-refractivity contribution in [2.24, 2.45) is 0 Å². The number of benzene rings is 2.